The SMILES string of the molecule is CC(=O)SCC1CC(=O)N(c2cc(Br)cnc2N)C1. The van der Waals surface area contributed by atoms with Crippen molar-refractivity contribution >= 4 is 50.2 Å². The van der Waals surface area contributed by atoms with E-state index in [1.807, 2.05) is 0 Å². The van der Waals surface area contributed by atoms with Crippen LogP contribution in [0.3, 0.4) is 0 Å². The molecular weight excluding hydrogens is 330 g/mol. The van der Waals surface area contributed by atoms with Crippen molar-refractivity contribution in [1.82, 2.24) is 4.98 Å². The zero-order valence-electron chi connectivity index (χ0n) is 10.4. The van der Waals surface area contributed by atoms with Gasteiger partial charge in [0.2, 0.25) is 5.91 Å². The van der Waals surface area contributed by atoms with Crippen molar-refractivity contribution < 1.29 is 9.59 Å². The maximum Gasteiger partial charge on any atom is 0.227 e. The third-order valence-corrected chi connectivity index (χ3v) is 4.36. The molecule has 1 aromatic heterocycles. The number of aromatic nitrogens is 1. The van der Waals surface area contributed by atoms with Crippen molar-refractivity contribution in [3.8, 4) is 0 Å². The normalized spacial score (nSPS) is 18.9. The number of nitrogens with zero attached hydrogens (tertiary/aromatic N) is 2. The lowest BCUT2D eigenvalue weighted by molar-refractivity contribution is -0.117. The Morgan fingerprint density at radius 1 is 1.68 bits per heavy atom. The van der Waals surface area contributed by atoms with Crippen LogP contribution in [0.2, 0.25) is 0 Å². The van der Waals surface area contributed by atoms with E-state index in [2.05, 4.69) is 20.9 Å². The first-order valence-electron chi connectivity index (χ1n) is 5.82. The van der Waals surface area contributed by atoms with Crippen molar-refractivity contribution in [3.63, 3.8) is 0 Å². The molecule has 1 aliphatic rings. The molecule has 2 heterocycles. The molecule has 2 rings (SSSR count). The van der Waals surface area contributed by atoms with Gasteiger partial charge in [0, 0.05) is 36.3 Å². The second kappa shape index (κ2) is 5.92. The summed E-state index contributed by atoms with van der Waals surface area (Å²) in [4.78, 5) is 28.7. The number of hydrogen-bond donors (Lipinski definition) is 1. The van der Waals surface area contributed by atoms with E-state index in [0.29, 0.717) is 30.2 Å². The molecule has 1 aliphatic heterocycles. The number of anilines is 2. The summed E-state index contributed by atoms with van der Waals surface area (Å²) in [7, 11) is 0. The standard InChI is InChI=1S/C12H14BrN3O2S/c1-7(17)19-6-8-2-11(18)16(5-8)10-3-9(13)4-15-12(10)14/h3-4,8H,2,5-6H2,1H3,(H2,14,15). The van der Waals surface area contributed by atoms with Crippen LogP contribution < -0.4 is 10.6 Å². The van der Waals surface area contributed by atoms with Crippen molar-refractivity contribution in [2.45, 2.75) is 13.3 Å². The summed E-state index contributed by atoms with van der Waals surface area (Å²) in [5, 5.41) is 0.0783. The van der Waals surface area contributed by atoms with Crippen LogP contribution >= 0.6 is 27.7 Å². The molecule has 1 fully saturated rings. The fourth-order valence-corrected chi connectivity index (χ4v) is 3.03. The van der Waals surface area contributed by atoms with Crippen LogP contribution in [0.1, 0.15) is 13.3 Å². The average molecular weight is 344 g/mol. The summed E-state index contributed by atoms with van der Waals surface area (Å²) in [6.07, 6.45) is 2.05. The first-order valence-corrected chi connectivity index (χ1v) is 7.60. The van der Waals surface area contributed by atoms with Crippen LogP contribution in [0.15, 0.2) is 16.7 Å². The second-order valence-electron chi connectivity index (χ2n) is 4.43. The Labute approximate surface area is 124 Å². The van der Waals surface area contributed by atoms with Gasteiger partial charge in [-0.05, 0) is 27.9 Å². The van der Waals surface area contributed by atoms with E-state index >= 15 is 0 Å². The molecule has 5 nitrogen and oxygen atoms in total. The van der Waals surface area contributed by atoms with Gasteiger partial charge in [-0.1, -0.05) is 11.8 Å². The maximum absolute atomic E-state index is 12.0. The minimum absolute atomic E-state index is 0.0285. The van der Waals surface area contributed by atoms with Gasteiger partial charge in [0.15, 0.2) is 5.12 Å². The average Bonchev–Trinajstić information content (AvgIpc) is 2.71. The van der Waals surface area contributed by atoms with E-state index in [1.165, 1.54) is 18.7 Å². The van der Waals surface area contributed by atoms with Gasteiger partial charge in [-0.2, -0.15) is 0 Å². The lowest BCUT2D eigenvalue weighted by Gasteiger charge is -2.18. The van der Waals surface area contributed by atoms with Gasteiger partial charge in [0.05, 0.1) is 5.69 Å². The largest absolute Gasteiger partial charge is 0.382 e. The van der Waals surface area contributed by atoms with Crippen molar-refractivity contribution in [1.29, 1.82) is 0 Å². The van der Waals surface area contributed by atoms with Gasteiger partial charge in [-0.25, -0.2) is 4.98 Å². The van der Waals surface area contributed by atoms with Gasteiger partial charge in [0.25, 0.3) is 0 Å². The minimum atomic E-state index is 0.0285. The summed E-state index contributed by atoms with van der Waals surface area (Å²) in [5.74, 6) is 1.22. The number of carbonyl (C=O) groups excluding carboxylic acids is 2. The maximum atomic E-state index is 12.0. The van der Waals surface area contributed by atoms with Gasteiger partial charge < -0.3 is 10.6 Å². The molecular formula is C12H14BrN3O2S. The molecule has 1 saturated heterocycles. The summed E-state index contributed by atoms with van der Waals surface area (Å²) < 4.78 is 0.783. The number of nitrogens with two attached hydrogens (primary N) is 1. The molecule has 0 saturated carbocycles. The zero-order chi connectivity index (χ0) is 14.0. The van der Waals surface area contributed by atoms with E-state index in [9.17, 15) is 9.59 Å². The zero-order valence-corrected chi connectivity index (χ0v) is 12.8. The fourth-order valence-electron chi connectivity index (χ4n) is 2.02. The van der Waals surface area contributed by atoms with Crippen LogP contribution in [0, 0.1) is 5.92 Å². The Bertz CT molecular complexity index is 524. The van der Waals surface area contributed by atoms with Gasteiger partial charge in [-0.15, -0.1) is 0 Å². The summed E-state index contributed by atoms with van der Waals surface area (Å²) in [6, 6.07) is 1.79. The van der Waals surface area contributed by atoms with E-state index in [1.54, 1.807) is 17.2 Å². The fraction of sp³-hybridized carbons (Fsp3) is 0.417. The summed E-state index contributed by atoms with van der Waals surface area (Å²) >= 11 is 4.58. The second-order valence-corrected chi connectivity index (χ2v) is 6.55. The molecule has 1 unspecified atom stereocenters. The van der Waals surface area contributed by atoms with E-state index in [-0.39, 0.29) is 16.9 Å². The minimum Gasteiger partial charge on any atom is -0.382 e. The first-order chi connectivity index (χ1) is 8.97. The van der Waals surface area contributed by atoms with Crippen molar-refractivity contribution in [3.05, 3.63) is 16.7 Å². The van der Waals surface area contributed by atoms with Gasteiger partial charge in [-0.3, -0.25) is 9.59 Å². The molecule has 0 bridgehead atoms. The van der Waals surface area contributed by atoms with Crippen LogP contribution in [-0.4, -0.2) is 28.3 Å². The molecule has 0 radical (unpaired) electrons. The third kappa shape index (κ3) is 3.48. The lowest BCUT2D eigenvalue weighted by Crippen LogP contribution is -2.26. The topological polar surface area (TPSA) is 76.3 Å². The van der Waals surface area contributed by atoms with E-state index in [4.69, 9.17) is 5.73 Å². The molecule has 1 atom stereocenters. The highest BCUT2D eigenvalue weighted by atomic mass is 79.9. The summed E-state index contributed by atoms with van der Waals surface area (Å²) in [5.41, 5.74) is 6.45. The Balaban J connectivity index is 2.11. The molecule has 0 aromatic carbocycles. The molecule has 19 heavy (non-hydrogen) atoms. The number of pyridine rings is 1. The number of rotatable bonds is 3. The molecule has 0 spiro atoms. The third-order valence-electron chi connectivity index (χ3n) is 2.88. The van der Waals surface area contributed by atoms with Gasteiger partial charge in [0.1, 0.15) is 5.82 Å². The highest BCUT2D eigenvalue weighted by Gasteiger charge is 2.32. The molecule has 1 aromatic rings. The molecule has 102 valence electrons. The number of carbonyl (C=O) groups is 2. The number of amides is 1. The van der Waals surface area contributed by atoms with Crippen molar-refractivity contribution in [2.24, 2.45) is 5.92 Å². The Morgan fingerprint density at radius 3 is 3.11 bits per heavy atom. The van der Waals surface area contributed by atoms with Crippen LogP contribution in [-0.2, 0) is 9.59 Å². The first kappa shape index (κ1) is 14.3. The number of thioether (sulfide) groups is 1. The lowest BCUT2D eigenvalue weighted by atomic mass is 10.1. The summed E-state index contributed by atoms with van der Waals surface area (Å²) in [6.45, 7) is 2.12. The smallest absolute Gasteiger partial charge is 0.227 e. The number of nitrogen functional groups attached to an aromatic ring is 1. The number of hydrogen-bond acceptors (Lipinski definition) is 5. The predicted molar refractivity (Wildman–Crippen MR) is 79.9 cm³/mol. The Hall–Kier alpha value is -1.08. The highest BCUT2D eigenvalue weighted by molar-refractivity contribution is 9.10. The quantitative estimate of drug-likeness (QED) is 0.908. The highest BCUT2D eigenvalue weighted by Crippen LogP contribution is 2.31. The van der Waals surface area contributed by atoms with Crippen LogP contribution in [0.5, 0.6) is 0 Å². The van der Waals surface area contributed by atoms with Crippen LogP contribution in [0.4, 0.5) is 11.5 Å². The predicted octanol–water partition coefficient (Wildman–Crippen LogP) is 2.06. The van der Waals surface area contributed by atoms with Crippen LogP contribution in [0.25, 0.3) is 0 Å². The molecule has 1 amide bonds. The Morgan fingerprint density at radius 2 is 2.42 bits per heavy atom. The van der Waals surface area contributed by atoms with E-state index in [0.717, 1.165) is 4.47 Å². The van der Waals surface area contributed by atoms with E-state index < -0.39 is 0 Å². The Kier molecular flexibility index (Phi) is 4.46. The number of halogens is 1. The molecule has 0 aliphatic carbocycles. The molecule has 7 heteroatoms. The van der Waals surface area contributed by atoms with Crippen molar-refractivity contribution in [2.75, 3.05) is 22.9 Å². The monoisotopic (exact) mass is 343 g/mol. The van der Waals surface area contributed by atoms with Gasteiger partial charge >= 0.3 is 0 Å². The molecule has 2 N–H and O–H groups in total.